The van der Waals surface area contributed by atoms with Crippen molar-refractivity contribution < 1.29 is 9.18 Å². The Bertz CT molecular complexity index is 374. The van der Waals surface area contributed by atoms with E-state index in [1.54, 1.807) is 12.1 Å². The van der Waals surface area contributed by atoms with Gasteiger partial charge in [-0.15, -0.1) is 0 Å². The van der Waals surface area contributed by atoms with E-state index in [4.69, 9.17) is 0 Å². The highest BCUT2D eigenvalue weighted by Gasteiger charge is 2.24. The van der Waals surface area contributed by atoms with E-state index in [2.05, 4.69) is 5.32 Å². The monoisotopic (exact) mass is 221 g/mol. The fourth-order valence-corrected chi connectivity index (χ4v) is 1.84. The normalized spacial score (nSPS) is 15.6. The molecule has 86 valence electrons. The first kappa shape index (κ1) is 11.1. The third kappa shape index (κ3) is 2.60. The Morgan fingerprint density at radius 3 is 2.75 bits per heavy atom. The zero-order chi connectivity index (χ0) is 11.4. The summed E-state index contributed by atoms with van der Waals surface area (Å²) in [7, 11) is 0. The first-order valence-corrected chi connectivity index (χ1v) is 5.78. The molecule has 0 atom stereocenters. The van der Waals surface area contributed by atoms with Gasteiger partial charge in [-0.05, 0) is 30.9 Å². The average Bonchev–Trinajstić information content (AvgIpc) is 2.18. The smallest absolute Gasteiger partial charge is 0.223 e. The molecule has 0 aromatic heterocycles. The summed E-state index contributed by atoms with van der Waals surface area (Å²) in [6.07, 6.45) is 3.73. The van der Waals surface area contributed by atoms with Crippen LogP contribution in [0.25, 0.3) is 0 Å². The van der Waals surface area contributed by atoms with Crippen LogP contribution in [-0.4, -0.2) is 12.5 Å². The Morgan fingerprint density at radius 1 is 1.38 bits per heavy atom. The topological polar surface area (TPSA) is 29.1 Å². The summed E-state index contributed by atoms with van der Waals surface area (Å²) >= 11 is 0. The van der Waals surface area contributed by atoms with E-state index in [0.717, 1.165) is 19.3 Å². The highest BCUT2D eigenvalue weighted by Crippen LogP contribution is 2.26. The van der Waals surface area contributed by atoms with Crippen LogP contribution in [0.3, 0.4) is 0 Å². The minimum absolute atomic E-state index is 0.127. The lowest BCUT2D eigenvalue weighted by Gasteiger charge is -2.24. The van der Waals surface area contributed by atoms with Crippen LogP contribution in [0.15, 0.2) is 24.3 Å². The molecule has 1 saturated carbocycles. The van der Waals surface area contributed by atoms with Gasteiger partial charge in [-0.1, -0.05) is 24.6 Å². The minimum Gasteiger partial charge on any atom is -0.356 e. The van der Waals surface area contributed by atoms with E-state index in [-0.39, 0.29) is 17.6 Å². The van der Waals surface area contributed by atoms with Gasteiger partial charge in [-0.25, -0.2) is 4.39 Å². The first-order chi connectivity index (χ1) is 7.77. The second kappa shape index (κ2) is 5.10. The lowest BCUT2D eigenvalue weighted by atomic mass is 9.85. The summed E-state index contributed by atoms with van der Waals surface area (Å²) in [6.45, 7) is 0.524. The van der Waals surface area contributed by atoms with Crippen molar-refractivity contribution in [3.63, 3.8) is 0 Å². The standard InChI is InChI=1S/C13H16FNO/c14-12-7-2-1-4-10(12)8-9-15-13(16)11-5-3-6-11/h1-2,4,7,11H,3,5-6,8-9H2,(H,15,16). The van der Waals surface area contributed by atoms with Gasteiger partial charge < -0.3 is 5.32 Å². The van der Waals surface area contributed by atoms with Crippen LogP contribution in [0.2, 0.25) is 0 Å². The molecule has 1 aromatic rings. The molecule has 1 aromatic carbocycles. The molecule has 0 spiro atoms. The van der Waals surface area contributed by atoms with Gasteiger partial charge in [0.2, 0.25) is 5.91 Å². The Morgan fingerprint density at radius 2 is 2.12 bits per heavy atom. The van der Waals surface area contributed by atoms with Crippen molar-refractivity contribution in [1.29, 1.82) is 0 Å². The fourth-order valence-electron chi connectivity index (χ4n) is 1.84. The lowest BCUT2D eigenvalue weighted by molar-refractivity contribution is -0.127. The van der Waals surface area contributed by atoms with E-state index in [1.807, 2.05) is 6.07 Å². The van der Waals surface area contributed by atoms with Crippen molar-refractivity contribution in [3.8, 4) is 0 Å². The van der Waals surface area contributed by atoms with Crippen LogP contribution in [0.4, 0.5) is 4.39 Å². The maximum absolute atomic E-state index is 13.2. The quantitative estimate of drug-likeness (QED) is 0.830. The molecule has 1 aliphatic rings. The summed E-state index contributed by atoms with van der Waals surface area (Å²) in [5, 5.41) is 2.85. The molecule has 1 amide bonds. The molecule has 2 rings (SSSR count). The summed E-state index contributed by atoms with van der Waals surface area (Å²) in [5.74, 6) is 0.142. The fraction of sp³-hybridized carbons (Fsp3) is 0.462. The predicted molar refractivity (Wildman–Crippen MR) is 60.5 cm³/mol. The van der Waals surface area contributed by atoms with Crippen LogP contribution in [0.5, 0.6) is 0 Å². The van der Waals surface area contributed by atoms with E-state index in [1.165, 1.54) is 6.07 Å². The molecule has 2 nitrogen and oxygen atoms in total. The second-order valence-corrected chi connectivity index (χ2v) is 4.26. The van der Waals surface area contributed by atoms with Crippen molar-refractivity contribution in [2.75, 3.05) is 6.54 Å². The van der Waals surface area contributed by atoms with Crippen LogP contribution in [0, 0.1) is 11.7 Å². The van der Waals surface area contributed by atoms with Crippen molar-refractivity contribution in [2.24, 2.45) is 5.92 Å². The zero-order valence-electron chi connectivity index (χ0n) is 9.21. The zero-order valence-corrected chi connectivity index (χ0v) is 9.21. The number of rotatable bonds is 4. The van der Waals surface area contributed by atoms with Gasteiger partial charge in [0.1, 0.15) is 5.82 Å². The third-order valence-corrected chi connectivity index (χ3v) is 3.13. The molecule has 1 N–H and O–H groups in total. The Hall–Kier alpha value is -1.38. The van der Waals surface area contributed by atoms with E-state index < -0.39 is 0 Å². The molecule has 0 saturated heterocycles. The van der Waals surface area contributed by atoms with E-state index in [9.17, 15) is 9.18 Å². The number of carbonyl (C=O) groups excluding carboxylic acids is 1. The van der Waals surface area contributed by atoms with Crippen molar-refractivity contribution in [3.05, 3.63) is 35.6 Å². The molecular weight excluding hydrogens is 205 g/mol. The molecule has 0 aliphatic heterocycles. The number of halogens is 1. The highest BCUT2D eigenvalue weighted by molar-refractivity contribution is 5.79. The maximum Gasteiger partial charge on any atom is 0.223 e. The van der Waals surface area contributed by atoms with Crippen LogP contribution >= 0.6 is 0 Å². The largest absolute Gasteiger partial charge is 0.356 e. The van der Waals surface area contributed by atoms with Gasteiger partial charge in [0.15, 0.2) is 0 Å². The number of hydrogen-bond acceptors (Lipinski definition) is 1. The van der Waals surface area contributed by atoms with Crippen LogP contribution in [-0.2, 0) is 11.2 Å². The number of hydrogen-bond donors (Lipinski definition) is 1. The van der Waals surface area contributed by atoms with Crippen LogP contribution < -0.4 is 5.32 Å². The molecule has 1 fully saturated rings. The van der Waals surface area contributed by atoms with Gasteiger partial charge in [0.25, 0.3) is 0 Å². The third-order valence-electron chi connectivity index (χ3n) is 3.13. The Balaban J connectivity index is 1.75. The second-order valence-electron chi connectivity index (χ2n) is 4.26. The lowest BCUT2D eigenvalue weighted by Crippen LogP contribution is -2.35. The molecule has 0 unspecified atom stereocenters. The van der Waals surface area contributed by atoms with Crippen molar-refractivity contribution in [2.45, 2.75) is 25.7 Å². The number of amides is 1. The van der Waals surface area contributed by atoms with Gasteiger partial charge >= 0.3 is 0 Å². The van der Waals surface area contributed by atoms with Gasteiger partial charge in [0.05, 0.1) is 0 Å². The summed E-state index contributed by atoms with van der Waals surface area (Å²) in [5.41, 5.74) is 0.663. The highest BCUT2D eigenvalue weighted by atomic mass is 19.1. The number of benzene rings is 1. The van der Waals surface area contributed by atoms with Gasteiger partial charge in [-0.2, -0.15) is 0 Å². The molecule has 16 heavy (non-hydrogen) atoms. The van der Waals surface area contributed by atoms with E-state index >= 15 is 0 Å². The predicted octanol–water partition coefficient (Wildman–Crippen LogP) is 2.28. The van der Waals surface area contributed by atoms with Crippen LogP contribution in [0.1, 0.15) is 24.8 Å². The SMILES string of the molecule is O=C(NCCc1ccccc1F)C1CCC1. The summed E-state index contributed by atoms with van der Waals surface area (Å²) in [4.78, 5) is 11.5. The van der Waals surface area contributed by atoms with Crippen molar-refractivity contribution in [1.82, 2.24) is 5.32 Å². The van der Waals surface area contributed by atoms with Gasteiger partial charge in [-0.3, -0.25) is 4.79 Å². The summed E-state index contributed by atoms with van der Waals surface area (Å²) in [6, 6.07) is 6.69. The first-order valence-electron chi connectivity index (χ1n) is 5.78. The molecule has 1 aliphatic carbocycles. The van der Waals surface area contributed by atoms with Crippen molar-refractivity contribution >= 4 is 5.91 Å². The minimum atomic E-state index is -0.194. The van der Waals surface area contributed by atoms with E-state index in [0.29, 0.717) is 18.5 Å². The van der Waals surface area contributed by atoms with Gasteiger partial charge in [0, 0.05) is 12.5 Å². The molecular formula is C13H16FNO. The Kier molecular flexibility index (Phi) is 3.54. The molecule has 0 heterocycles. The molecule has 3 heteroatoms. The summed E-state index contributed by atoms with van der Waals surface area (Å²) < 4.78 is 13.2. The maximum atomic E-state index is 13.2. The number of carbonyl (C=O) groups is 1. The average molecular weight is 221 g/mol. The molecule has 0 radical (unpaired) electrons. The number of nitrogens with one attached hydrogen (secondary N) is 1. The molecule has 0 bridgehead atoms. The Labute approximate surface area is 94.9 Å².